The highest BCUT2D eigenvalue weighted by Crippen LogP contribution is 2.31. The van der Waals surface area contributed by atoms with Crippen molar-refractivity contribution in [2.75, 3.05) is 39.4 Å². The Morgan fingerprint density at radius 1 is 1.35 bits per heavy atom. The molecule has 0 aromatic carbocycles. The number of hydrogen-bond acceptors (Lipinski definition) is 5. The summed E-state index contributed by atoms with van der Waals surface area (Å²) in [6.45, 7) is 5.48. The third kappa shape index (κ3) is 4.28. The second-order valence-corrected chi connectivity index (χ2v) is 6.40. The number of rotatable bonds is 4. The lowest BCUT2D eigenvalue weighted by atomic mass is 9.85. The lowest BCUT2D eigenvalue weighted by Gasteiger charge is -2.45. The molecular formula is C17H26N4O2. The highest BCUT2D eigenvalue weighted by molar-refractivity contribution is 5.78. The van der Waals surface area contributed by atoms with Gasteiger partial charge in [-0.15, -0.1) is 0 Å². The molecule has 6 nitrogen and oxygen atoms in total. The van der Waals surface area contributed by atoms with Crippen LogP contribution in [0.2, 0.25) is 0 Å². The Balaban J connectivity index is 1.58. The Bertz CT molecular complexity index is 503. The average Bonchev–Trinajstić information content (AvgIpc) is 2.78. The van der Waals surface area contributed by atoms with Crippen LogP contribution in [0.1, 0.15) is 24.8 Å². The zero-order valence-electron chi connectivity index (χ0n) is 13.6. The van der Waals surface area contributed by atoms with Crippen LogP contribution < -0.4 is 10.6 Å². The SMILES string of the molecule is O=C(CN1CCNCCC12CCOCC2)NCc1cccnc1. The summed E-state index contributed by atoms with van der Waals surface area (Å²) in [5, 5.41) is 6.47. The van der Waals surface area contributed by atoms with Crippen LogP contribution in [-0.2, 0) is 16.1 Å². The zero-order chi connectivity index (χ0) is 16.0. The van der Waals surface area contributed by atoms with Gasteiger partial charge in [0.15, 0.2) is 0 Å². The van der Waals surface area contributed by atoms with Crippen LogP contribution in [0.15, 0.2) is 24.5 Å². The number of pyridine rings is 1. The molecule has 1 aromatic heterocycles. The van der Waals surface area contributed by atoms with Crippen LogP contribution >= 0.6 is 0 Å². The van der Waals surface area contributed by atoms with E-state index < -0.39 is 0 Å². The number of nitrogens with zero attached hydrogens (tertiary/aromatic N) is 2. The first-order valence-electron chi connectivity index (χ1n) is 8.48. The molecule has 3 heterocycles. The van der Waals surface area contributed by atoms with Crippen molar-refractivity contribution in [3.05, 3.63) is 30.1 Å². The van der Waals surface area contributed by atoms with Gasteiger partial charge in [-0.25, -0.2) is 0 Å². The van der Waals surface area contributed by atoms with Crippen LogP contribution in [-0.4, -0.2) is 60.7 Å². The zero-order valence-corrected chi connectivity index (χ0v) is 13.6. The highest BCUT2D eigenvalue weighted by atomic mass is 16.5. The Morgan fingerprint density at radius 2 is 2.22 bits per heavy atom. The molecule has 0 unspecified atom stereocenters. The van der Waals surface area contributed by atoms with Crippen molar-refractivity contribution >= 4 is 5.91 Å². The van der Waals surface area contributed by atoms with Crippen molar-refractivity contribution in [1.29, 1.82) is 0 Å². The first kappa shape index (κ1) is 16.4. The number of amides is 1. The van der Waals surface area contributed by atoms with Gasteiger partial charge in [-0.05, 0) is 37.4 Å². The fraction of sp³-hybridized carbons (Fsp3) is 0.647. The molecule has 0 aliphatic carbocycles. The predicted molar refractivity (Wildman–Crippen MR) is 87.9 cm³/mol. The lowest BCUT2D eigenvalue weighted by molar-refractivity contribution is -0.125. The average molecular weight is 318 g/mol. The molecular weight excluding hydrogens is 292 g/mol. The van der Waals surface area contributed by atoms with E-state index >= 15 is 0 Å². The second kappa shape index (κ2) is 7.86. The minimum Gasteiger partial charge on any atom is -0.381 e. The van der Waals surface area contributed by atoms with Gasteiger partial charge in [0.1, 0.15) is 0 Å². The summed E-state index contributed by atoms with van der Waals surface area (Å²) >= 11 is 0. The Morgan fingerprint density at radius 3 is 3.00 bits per heavy atom. The van der Waals surface area contributed by atoms with E-state index in [1.807, 2.05) is 12.1 Å². The molecule has 2 N–H and O–H groups in total. The van der Waals surface area contributed by atoms with Gasteiger partial charge in [-0.1, -0.05) is 6.07 Å². The summed E-state index contributed by atoms with van der Waals surface area (Å²) in [6, 6.07) is 3.86. The quantitative estimate of drug-likeness (QED) is 0.848. The van der Waals surface area contributed by atoms with Gasteiger partial charge in [0.2, 0.25) is 5.91 Å². The summed E-state index contributed by atoms with van der Waals surface area (Å²) in [4.78, 5) is 18.8. The van der Waals surface area contributed by atoms with E-state index in [1.54, 1.807) is 12.4 Å². The lowest BCUT2D eigenvalue weighted by Crippen LogP contribution is -2.55. The summed E-state index contributed by atoms with van der Waals surface area (Å²) in [7, 11) is 0. The van der Waals surface area contributed by atoms with Crippen LogP contribution in [0.25, 0.3) is 0 Å². The molecule has 2 aliphatic rings. The minimum absolute atomic E-state index is 0.0848. The van der Waals surface area contributed by atoms with Crippen molar-refractivity contribution < 1.29 is 9.53 Å². The van der Waals surface area contributed by atoms with Crippen LogP contribution in [0, 0.1) is 0 Å². The minimum atomic E-state index is 0.0848. The van der Waals surface area contributed by atoms with Crippen molar-refractivity contribution in [2.45, 2.75) is 31.3 Å². The first-order chi connectivity index (χ1) is 11.3. The maximum atomic E-state index is 12.4. The van der Waals surface area contributed by atoms with E-state index in [2.05, 4.69) is 20.5 Å². The van der Waals surface area contributed by atoms with Crippen LogP contribution in [0.4, 0.5) is 0 Å². The summed E-state index contributed by atoms with van der Waals surface area (Å²) < 4.78 is 5.54. The van der Waals surface area contributed by atoms with Crippen molar-refractivity contribution in [2.24, 2.45) is 0 Å². The predicted octanol–water partition coefficient (Wildman–Crippen LogP) is 0.542. The van der Waals surface area contributed by atoms with Crippen molar-refractivity contribution in [3.8, 4) is 0 Å². The number of hydrogen-bond donors (Lipinski definition) is 2. The molecule has 0 saturated carbocycles. The molecule has 0 bridgehead atoms. The number of ether oxygens (including phenoxy) is 1. The monoisotopic (exact) mass is 318 g/mol. The second-order valence-electron chi connectivity index (χ2n) is 6.40. The molecule has 1 aromatic rings. The molecule has 3 rings (SSSR count). The maximum Gasteiger partial charge on any atom is 0.234 e. The van der Waals surface area contributed by atoms with Gasteiger partial charge >= 0.3 is 0 Å². The van der Waals surface area contributed by atoms with Crippen molar-refractivity contribution in [1.82, 2.24) is 20.5 Å². The topological polar surface area (TPSA) is 66.5 Å². The summed E-state index contributed by atoms with van der Waals surface area (Å²) in [6.07, 6.45) is 6.65. The standard InChI is InChI=1S/C17H26N4O2/c22-16(20-13-15-2-1-6-19-12-15)14-21-9-8-18-7-3-17(21)4-10-23-11-5-17/h1-2,6,12,18H,3-5,7-11,13-14H2,(H,20,22). The van der Waals surface area contributed by atoms with Crippen LogP contribution in [0.3, 0.4) is 0 Å². The van der Waals surface area contributed by atoms with Crippen molar-refractivity contribution in [3.63, 3.8) is 0 Å². The molecule has 1 spiro atoms. The molecule has 2 aliphatic heterocycles. The van der Waals surface area contributed by atoms with Gasteiger partial charge < -0.3 is 15.4 Å². The van der Waals surface area contributed by atoms with E-state index in [-0.39, 0.29) is 11.4 Å². The molecule has 2 saturated heterocycles. The molecule has 23 heavy (non-hydrogen) atoms. The molecule has 6 heteroatoms. The van der Waals surface area contributed by atoms with E-state index in [0.29, 0.717) is 13.1 Å². The van der Waals surface area contributed by atoms with E-state index in [0.717, 1.165) is 57.7 Å². The largest absolute Gasteiger partial charge is 0.381 e. The fourth-order valence-electron chi connectivity index (χ4n) is 3.55. The number of carbonyl (C=O) groups is 1. The third-order valence-electron chi connectivity index (χ3n) is 4.97. The fourth-order valence-corrected chi connectivity index (χ4v) is 3.55. The van der Waals surface area contributed by atoms with Gasteiger partial charge in [0, 0.05) is 50.8 Å². The maximum absolute atomic E-state index is 12.4. The highest BCUT2D eigenvalue weighted by Gasteiger charge is 2.39. The Kier molecular flexibility index (Phi) is 5.59. The van der Waals surface area contributed by atoms with Gasteiger partial charge in [0.25, 0.3) is 0 Å². The Hall–Kier alpha value is -1.50. The van der Waals surface area contributed by atoms with Crippen LogP contribution in [0.5, 0.6) is 0 Å². The van der Waals surface area contributed by atoms with Gasteiger partial charge in [0.05, 0.1) is 6.54 Å². The third-order valence-corrected chi connectivity index (χ3v) is 4.97. The molecule has 1 amide bonds. The summed E-state index contributed by atoms with van der Waals surface area (Å²) in [5.74, 6) is 0.0848. The number of aromatic nitrogens is 1. The molecule has 2 fully saturated rings. The van der Waals surface area contributed by atoms with E-state index in [9.17, 15) is 4.79 Å². The Labute approximate surface area is 137 Å². The van der Waals surface area contributed by atoms with E-state index in [4.69, 9.17) is 4.74 Å². The molecule has 126 valence electrons. The number of carbonyl (C=O) groups excluding carboxylic acids is 1. The smallest absolute Gasteiger partial charge is 0.234 e. The normalized spacial score (nSPS) is 21.7. The molecule has 0 atom stereocenters. The first-order valence-corrected chi connectivity index (χ1v) is 8.48. The van der Waals surface area contributed by atoms with Gasteiger partial charge in [-0.2, -0.15) is 0 Å². The van der Waals surface area contributed by atoms with Gasteiger partial charge in [-0.3, -0.25) is 14.7 Å². The number of nitrogens with one attached hydrogen (secondary N) is 2. The summed E-state index contributed by atoms with van der Waals surface area (Å²) in [5.41, 5.74) is 1.15. The van der Waals surface area contributed by atoms with E-state index in [1.165, 1.54) is 0 Å². The molecule has 0 radical (unpaired) electrons.